The third-order valence-electron chi connectivity index (χ3n) is 2.21. The number of nitrogens with one attached hydrogen (secondary N) is 1. The van der Waals surface area contributed by atoms with E-state index in [-0.39, 0.29) is 0 Å². The summed E-state index contributed by atoms with van der Waals surface area (Å²) < 4.78 is 4.76. The maximum atomic E-state index is 10.5. The highest BCUT2D eigenvalue weighted by Gasteiger charge is 2.44. The number of hydrogen-bond acceptors (Lipinski definition) is 6. The second-order valence-electron chi connectivity index (χ2n) is 3.26. The van der Waals surface area contributed by atoms with E-state index >= 15 is 0 Å². The Kier molecular flexibility index (Phi) is 3.83. The first-order valence-corrected chi connectivity index (χ1v) is 4.34. The number of urea groups is 1. The summed E-state index contributed by atoms with van der Waals surface area (Å²) in [4.78, 5) is 10.5. The standard InChI is InChI=1S/C7H14N2O6/c8-7(14)9-3-5(12)4(11)2(1-10)15-6(3)13/h2-6,10-13H,1H2,(H3,8,9,14)/t2-,3-,4-,5+,6+/m0/s1. The second-order valence-corrected chi connectivity index (χ2v) is 3.26. The summed E-state index contributed by atoms with van der Waals surface area (Å²) in [6, 6.07) is -2.18. The van der Waals surface area contributed by atoms with Crippen LogP contribution in [0.1, 0.15) is 0 Å². The van der Waals surface area contributed by atoms with Crippen LogP contribution in [0.5, 0.6) is 0 Å². The third-order valence-corrected chi connectivity index (χ3v) is 2.21. The molecule has 7 N–H and O–H groups in total. The molecule has 88 valence electrons. The molecule has 0 saturated carbocycles. The Morgan fingerprint density at radius 3 is 2.40 bits per heavy atom. The van der Waals surface area contributed by atoms with Crippen molar-refractivity contribution in [1.29, 1.82) is 0 Å². The lowest BCUT2D eigenvalue weighted by Crippen LogP contribution is -2.64. The van der Waals surface area contributed by atoms with Gasteiger partial charge in [0.2, 0.25) is 0 Å². The number of rotatable bonds is 2. The van der Waals surface area contributed by atoms with Crippen molar-refractivity contribution in [2.75, 3.05) is 6.61 Å². The van der Waals surface area contributed by atoms with Gasteiger partial charge < -0.3 is 36.2 Å². The van der Waals surface area contributed by atoms with E-state index in [9.17, 15) is 20.1 Å². The number of carbonyl (C=O) groups is 1. The van der Waals surface area contributed by atoms with E-state index in [0.29, 0.717) is 0 Å². The Morgan fingerprint density at radius 2 is 1.93 bits per heavy atom. The molecule has 0 aromatic carbocycles. The Morgan fingerprint density at radius 1 is 1.33 bits per heavy atom. The van der Waals surface area contributed by atoms with Gasteiger partial charge in [-0.3, -0.25) is 0 Å². The van der Waals surface area contributed by atoms with Crippen LogP contribution in [0.25, 0.3) is 0 Å². The predicted molar refractivity (Wildman–Crippen MR) is 46.5 cm³/mol. The first kappa shape index (κ1) is 12.1. The van der Waals surface area contributed by atoms with Crippen LogP contribution in [0.3, 0.4) is 0 Å². The second kappa shape index (κ2) is 4.73. The number of aliphatic hydroxyl groups excluding tert-OH is 4. The third kappa shape index (κ3) is 2.55. The predicted octanol–water partition coefficient (Wildman–Crippen LogP) is -3.55. The van der Waals surface area contributed by atoms with Crippen molar-refractivity contribution in [3.05, 3.63) is 0 Å². The van der Waals surface area contributed by atoms with E-state index in [0.717, 1.165) is 0 Å². The summed E-state index contributed by atoms with van der Waals surface area (Å²) in [5.41, 5.74) is 4.80. The van der Waals surface area contributed by atoms with E-state index in [1.807, 2.05) is 5.32 Å². The molecular weight excluding hydrogens is 208 g/mol. The van der Waals surface area contributed by atoms with Gasteiger partial charge in [0.05, 0.1) is 6.61 Å². The summed E-state index contributed by atoms with van der Waals surface area (Å²) in [7, 11) is 0. The Hall–Kier alpha value is -0.930. The quantitative estimate of drug-likeness (QED) is 0.285. The van der Waals surface area contributed by atoms with Crippen molar-refractivity contribution in [3.8, 4) is 0 Å². The molecule has 0 spiro atoms. The zero-order valence-electron chi connectivity index (χ0n) is 7.78. The number of aliphatic hydroxyl groups is 4. The molecule has 8 heteroatoms. The van der Waals surface area contributed by atoms with Crippen LogP contribution in [-0.4, -0.2) is 63.7 Å². The molecule has 1 aliphatic rings. The van der Waals surface area contributed by atoms with E-state index < -0.39 is 43.3 Å². The van der Waals surface area contributed by atoms with Crippen molar-refractivity contribution in [2.45, 2.75) is 30.6 Å². The average molecular weight is 222 g/mol. The van der Waals surface area contributed by atoms with E-state index in [1.54, 1.807) is 0 Å². The molecule has 0 aliphatic carbocycles. The van der Waals surface area contributed by atoms with Crippen molar-refractivity contribution < 1.29 is 30.0 Å². The molecule has 8 nitrogen and oxygen atoms in total. The number of amides is 2. The summed E-state index contributed by atoms with van der Waals surface area (Å²) >= 11 is 0. The van der Waals surface area contributed by atoms with Crippen LogP contribution in [0.2, 0.25) is 0 Å². The molecule has 1 heterocycles. The lowest BCUT2D eigenvalue weighted by atomic mass is 9.97. The topological polar surface area (TPSA) is 145 Å². The lowest BCUT2D eigenvalue weighted by Gasteiger charge is -2.39. The first-order chi connectivity index (χ1) is 6.97. The number of nitrogens with two attached hydrogens (primary N) is 1. The molecule has 1 rings (SSSR count). The normalized spacial score (nSPS) is 41.2. The smallest absolute Gasteiger partial charge is 0.312 e. The summed E-state index contributed by atoms with van der Waals surface area (Å²) in [5.74, 6) is 0. The fourth-order valence-corrected chi connectivity index (χ4v) is 1.42. The van der Waals surface area contributed by atoms with Gasteiger partial charge in [0.15, 0.2) is 6.29 Å². The monoisotopic (exact) mass is 222 g/mol. The van der Waals surface area contributed by atoms with E-state index in [2.05, 4.69) is 0 Å². The SMILES string of the molecule is NC(=O)N[C@H]1[C@@H](O)[C@@H](O)[C@H](CO)O[C@H]1O. The largest absolute Gasteiger partial charge is 0.394 e. The lowest BCUT2D eigenvalue weighted by molar-refractivity contribution is -0.252. The molecule has 0 bridgehead atoms. The molecule has 1 fully saturated rings. The number of ether oxygens (including phenoxy) is 1. The van der Waals surface area contributed by atoms with Gasteiger partial charge in [-0.25, -0.2) is 4.79 Å². The van der Waals surface area contributed by atoms with Crippen LogP contribution in [-0.2, 0) is 4.74 Å². The zero-order valence-corrected chi connectivity index (χ0v) is 7.78. The molecule has 2 amide bonds. The van der Waals surface area contributed by atoms with Gasteiger partial charge in [0.1, 0.15) is 24.4 Å². The van der Waals surface area contributed by atoms with E-state index in [1.165, 1.54) is 0 Å². The highest BCUT2D eigenvalue weighted by Crippen LogP contribution is 2.19. The highest BCUT2D eigenvalue weighted by atomic mass is 16.6. The molecule has 1 aliphatic heterocycles. The van der Waals surface area contributed by atoms with Crippen LogP contribution >= 0.6 is 0 Å². The van der Waals surface area contributed by atoms with Gasteiger partial charge in [0, 0.05) is 0 Å². The molecule has 0 aromatic rings. The van der Waals surface area contributed by atoms with Crippen LogP contribution in [0.4, 0.5) is 4.79 Å². The van der Waals surface area contributed by atoms with Crippen LogP contribution in [0.15, 0.2) is 0 Å². The van der Waals surface area contributed by atoms with Gasteiger partial charge in [-0.15, -0.1) is 0 Å². The molecular formula is C7H14N2O6. The van der Waals surface area contributed by atoms with Gasteiger partial charge in [0.25, 0.3) is 0 Å². The Balaban J connectivity index is 2.70. The molecule has 15 heavy (non-hydrogen) atoms. The maximum absolute atomic E-state index is 10.5. The molecule has 1 saturated heterocycles. The van der Waals surface area contributed by atoms with Gasteiger partial charge in [-0.1, -0.05) is 0 Å². The van der Waals surface area contributed by atoms with Gasteiger partial charge in [-0.2, -0.15) is 0 Å². The summed E-state index contributed by atoms with van der Waals surface area (Å²) in [6.45, 7) is -0.557. The minimum atomic E-state index is -1.53. The zero-order chi connectivity index (χ0) is 11.6. The summed E-state index contributed by atoms with van der Waals surface area (Å²) in [5, 5.41) is 39.0. The minimum absolute atomic E-state index is 0.557. The van der Waals surface area contributed by atoms with Crippen LogP contribution < -0.4 is 11.1 Å². The fraction of sp³-hybridized carbons (Fsp3) is 0.857. The molecule has 0 aromatic heterocycles. The van der Waals surface area contributed by atoms with Crippen molar-refractivity contribution in [1.82, 2.24) is 5.32 Å². The van der Waals surface area contributed by atoms with Crippen molar-refractivity contribution in [2.24, 2.45) is 5.73 Å². The number of carbonyl (C=O) groups excluding carboxylic acids is 1. The molecule has 0 unspecified atom stereocenters. The molecule has 5 atom stereocenters. The summed E-state index contributed by atoms with van der Waals surface area (Å²) in [6.07, 6.45) is -5.50. The van der Waals surface area contributed by atoms with Crippen molar-refractivity contribution in [3.63, 3.8) is 0 Å². The average Bonchev–Trinajstić information content (AvgIpc) is 2.18. The molecule has 0 radical (unpaired) electrons. The maximum Gasteiger partial charge on any atom is 0.312 e. The van der Waals surface area contributed by atoms with Crippen molar-refractivity contribution >= 4 is 6.03 Å². The minimum Gasteiger partial charge on any atom is -0.394 e. The van der Waals surface area contributed by atoms with E-state index in [4.69, 9.17) is 15.6 Å². The fourth-order valence-electron chi connectivity index (χ4n) is 1.42. The van der Waals surface area contributed by atoms with Gasteiger partial charge >= 0.3 is 6.03 Å². The Labute approximate surface area is 85.3 Å². The van der Waals surface area contributed by atoms with Gasteiger partial charge in [-0.05, 0) is 0 Å². The number of primary amides is 1. The first-order valence-electron chi connectivity index (χ1n) is 4.34. The van der Waals surface area contributed by atoms with Crippen LogP contribution in [0, 0.1) is 0 Å². The number of hydrogen-bond donors (Lipinski definition) is 6. The highest BCUT2D eigenvalue weighted by molar-refractivity contribution is 5.72. The Bertz CT molecular complexity index is 238.